The van der Waals surface area contributed by atoms with Crippen LogP contribution < -0.4 is 5.32 Å². The zero-order valence-electron chi connectivity index (χ0n) is 16.9. The van der Waals surface area contributed by atoms with Gasteiger partial charge in [0.25, 0.3) is 5.91 Å². The Hall–Kier alpha value is -2.77. The molecule has 1 aliphatic carbocycles. The number of pyridine rings is 1. The number of carbonyl (C=O) groups is 1. The fraction of sp³-hybridized carbons (Fsp3) is 0.304. The van der Waals surface area contributed by atoms with Crippen LogP contribution in [0, 0.1) is 0 Å². The molecule has 0 aliphatic heterocycles. The van der Waals surface area contributed by atoms with Gasteiger partial charge in [0, 0.05) is 30.2 Å². The van der Waals surface area contributed by atoms with E-state index in [1.54, 1.807) is 37.5 Å². The highest BCUT2D eigenvalue weighted by atomic mass is 32.2. The summed E-state index contributed by atoms with van der Waals surface area (Å²) in [5.41, 5.74) is 1.72. The lowest BCUT2D eigenvalue weighted by Gasteiger charge is -2.30. The third-order valence-corrected chi connectivity index (χ3v) is 7.66. The molecule has 1 saturated carbocycles. The second-order valence-electron chi connectivity index (χ2n) is 7.67. The van der Waals surface area contributed by atoms with Crippen molar-refractivity contribution in [2.45, 2.75) is 43.0 Å². The van der Waals surface area contributed by atoms with Crippen molar-refractivity contribution < 1.29 is 13.2 Å². The van der Waals surface area contributed by atoms with E-state index in [4.69, 9.17) is 0 Å². The third-order valence-electron chi connectivity index (χ3n) is 5.76. The maximum absolute atomic E-state index is 13.1. The molecule has 1 N–H and O–H groups in total. The number of carbonyl (C=O) groups excluding carboxylic acids is 1. The summed E-state index contributed by atoms with van der Waals surface area (Å²) in [6.07, 6.45) is 6.71. The fourth-order valence-electron chi connectivity index (χ4n) is 4.01. The number of benzene rings is 2. The average Bonchev–Trinajstić information content (AvgIpc) is 2.79. The first-order chi connectivity index (χ1) is 14.5. The van der Waals surface area contributed by atoms with Crippen LogP contribution >= 0.6 is 0 Å². The first kappa shape index (κ1) is 20.5. The minimum absolute atomic E-state index is 0.0180. The van der Waals surface area contributed by atoms with E-state index in [-0.39, 0.29) is 16.8 Å². The van der Waals surface area contributed by atoms with Gasteiger partial charge in [-0.1, -0.05) is 31.4 Å². The van der Waals surface area contributed by atoms with Crippen LogP contribution in [0.4, 0.5) is 5.69 Å². The van der Waals surface area contributed by atoms with E-state index < -0.39 is 10.0 Å². The van der Waals surface area contributed by atoms with E-state index in [9.17, 15) is 13.2 Å². The Bertz CT molecular complexity index is 1170. The highest BCUT2D eigenvalue weighted by Crippen LogP contribution is 2.27. The summed E-state index contributed by atoms with van der Waals surface area (Å²) in [5, 5.41) is 3.71. The van der Waals surface area contributed by atoms with Gasteiger partial charge in [0.2, 0.25) is 10.0 Å². The highest BCUT2D eigenvalue weighted by molar-refractivity contribution is 7.89. The predicted octanol–water partition coefficient (Wildman–Crippen LogP) is 4.44. The van der Waals surface area contributed by atoms with E-state index in [1.807, 2.05) is 24.3 Å². The number of amides is 1. The predicted molar refractivity (Wildman–Crippen MR) is 118 cm³/mol. The number of anilines is 1. The summed E-state index contributed by atoms with van der Waals surface area (Å²) in [5.74, 6) is -0.358. The molecule has 30 heavy (non-hydrogen) atoms. The largest absolute Gasteiger partial charge is 0.321 e. The van der Waals surface area contributed by atoms with Gasteiger partial charge in [-0.15, -0.1) is 0 Å². The van der Waals surface area contributed by atoms with E-state index >= 15 is 0 Å². The number of sulfonamides is 1. The first-order valence-electron chi connectivity index (χ1n) is 10.2. The second-order valence-corrected chi connectivity index (χ2v) is 9.67. The van der Waals surface area contributed by atoms with Crippen molar-refractivity contribution in [3.05, 3.63) is 66.4 Å². The van der Waals surface area contributed by atoms with Gasteiger partial charge in [0.15, 0.2) is 0 Å². The van der Waals surface area contributed by atoms with E-state index in [1.165, 1.54) is 10.4 Å². The normalized spacial score (nSPS) is 15.4. The molecule has 7 heteroatoms. The van der Waals surface area contributed by atoms with Crippen LogP contribution in [0.3, 0.4) is 0 Å². The van der Waals surface area contributed by atoms with Crippen molar-refractivity contribution in [3.63, 3.8) is 0 Å². The van der Waals surface area contributed by atoms with Crippen LogP contribution in [-0.4, -0.2) is 36.7 Å². The van der Waals surface area contributed by atoms with Crippen molar-refractivity contribution >= 4 is 32.5 Å². The number of nitrogens with one attached hydrogen (secondary N) is 1. The maximum Gasteiger partial charge on any atom is 0.255 e. The van der Waals surface area contributed by atoms with Crippen LogP contribution in [0.25, 0.3) is 10.9 Å². The molecule has 0 unspecified atom stereocenters. The molecule has 0 bridgehead atoms. The summed E-state index contributed by atoms with van der Waals surface area (Å²) in [6.45, 7) is 0. The Labute approximate surface area is 177 Å². The Morgan fingerprint density at radius 2 is 1.80 bits per heavy atom. The van der Waals surface area contributed by atoms with Crippen LogP contribution in [0.5, 0.6) is 0 Å². The number of rotatable bonds is 5. The smallest absolute Gasteiger partial charge is 0.255 e. The number of hydrogen-bond acceptors (Lipinski definition) is 4. The minimum Gasteiger partial charge on any atom is -0.321 e. The molecule has 1 aromatic heterocycles. The van der Waals surface area contributed by atoms with Gasteiger partial charge in [0.05, 0.1) is 16.1 Å². The SMILES string of the molecule is CN(C1CCCCC1)S(=O)(=O)c1cccc(C(=O)Nc2cccc3ncccc23)c1. The number of hydrogen-bond donors (Lipinski definition) is 1. The first-order valence-corrected chi connectivity index (χ1v) is 11.6. The van der Waals surface area contributed by atoms with E-state index in [2.05, 4.69) is 10.3 Å². The summed E-state index contributed by atoms with van der Waals surface area (Å²) in [7, 11) is -2.02. The van der Waals surface area contributed by atoms with Crippen molar-refractivity contribution in [2.75, 3.05) is 12.4 Å². The number of nitrogens with zero attached hydrogens (tertiary/aromatic N) is 2. The maximum atomic E-state index is 13.1. The molecule has 156 valence electrons. The van der Waals surface area contributed by atoms with Crippen LogP contribution in [0.1, 0.15) is 42.5 Å². The lowest BCUT2D eigenvalue weighted by atomic mass is 9.96. The van der Waals surface area contributed by atoms with Crippen LogP contribution in [-0.2, 0) is 10.0 Å². The van der Waals surface area contributed by atoms with Crippen LogP contribution in [0.2, 0.25) is 0 Å². The summed E-state index contributed by atoms with van der Waals surface area (Å²) in [6, 6.07) is 15.5. The topological polar surface area (TPSA) is 79.4 Å². The lowest BCUT2D eigenvalue weighted by molar-refractivity contribution is 0.102. The minimum atomic E-state index is -3.66. The van der Waals surface area contributed by atoms with Gasteiger partial charge in [-0.2, -0.15) is 4.31 Å². The molecule has 1 amide bonds. The van der Waals surface area contributed by atoms with Gasteiger partial charge >= 0.3 is 0 Å². The number of aromatic nitrogens is 1. The Morgan fingerprint density at radius 3 is 2.60 bits per heavy atom. The van der Waals surface area contributed by atoms with Crippen molar-refractivity contribution in [2.24, 2.45) is 0 Å². The van der Waals surface area contributed by atoms with Crippen molar-refractivity contribution in [1.82, 2.24) is 9.29 Å². The molecular formula is C23H25N3O3S. The average molecular weight is 424 g/mol. The third kappa shape index (κ3) is 4.08. The molecule has 2 aromatic carbocycles. The van der Waals surface area contributed by atoms with Gasteiger partial charge in [-0.3, -0.25) is 9.78 Å². The van der Waals surface area contributed by atoms with Gasteiger partial charge in [-0.25, -0.2) is 8.42 Å². The molecular weight excluding hydrogens is 398 g/mol. The zero-order valence-corrected chi connectivity index (χ0v) is 17.7. The van der Waals surface area contributed by atoms with E-state index in [0.29, 0.717) is 11.3 Å². The highest BCUT2D eigenvalue weighted by Gasteiger charge is 2.29. The van der Waals surface area contributed by atoms with E-state index in [0.717, 1.165) is 43.0 Å². The van der Waals surface area contributed by atoms with Crippen LogP contribution in [0.15, 0.2) is 65.7 Å². The summed E-state index contributed by atoms with van der Waals surface area (Å²) < 4.78 is 27.7. The summed E-state index contributed by atoms with van der Waals surface area (Å²) >= 11 is 0. The second kappa shape index (κ2) is 8.53. The number of fused-ring (bicyclic) bond motifs is 1. The molecule has 0 spiro atoms. The Morgan fingerprint density at radius 1 is 1.03 bits per heavy atom. The molecule has 4 rings (SSSR count). The molecule has 0 atom stereocenters. The van der Waals surface area contributed by atoms with Crippen molar-refractivity contribution in [1.29, 1.82) is 0 Å². The Kier molecular flexibility index (Phi) is 5.83. The lowest BCUT2D eigenvalue weighted by Crippen LogP contribution is -2.38. The monoisotopic (exact) mass is 423 g/mol. The quantitative estimate of drug-likeness (QED) is 0.658. The van der Waals surface area contributed by atoms with Gasteiger partial charge < -0.3 is 5.32 Å². The van der Waals surface area contributed by atoms with Gasteiger partial charge in [-0.05, 0) is 55.3 Å². The fourth-order valence-corrected chi connectivity index (χ4v) is 5.47. The Balaban J connectivity index is 1.58. The standard InChI is InChI=1S/C23H25N3O3S/c1-26(18-9-3-2-4-10-18)30(28,29)19-11-5-8-17(16-19)23(27)25-22-14-6-13-21-20(22)12-7-15-24-21/h5-8,11-16,18H,2-4,9-10H2,1H3,(H,25,27). The molecule has 6 nitrogen and oxygen atoms in total. The molecule has 1 fully saturated rings. The summed E-state index contributed by atoms with van der Waals surface area (Å²) in [4.78, 5) is 17.3. The van der Waals surface area contributed by atoms with Crippen molar-refractivity contribution in [3.8, 4) is 0 Å². The molecule has 1 heterocycles. The molecule has 0 saturated heterocycles. The molecule has 1 aliphatic rings. The van der Waals surface area contributed by atoms with Gasteiger partial charge in [0.1, 0.15) is 0 Å². The zero-order chi connectivity index (χ0) is 21.1. The molecule has 3 aromatic rings. The molecule has 0 radical (unpaired) electrons.